The monoisotopic (exact) mass is 362 g/mol. The molecule has 26 heavy (non-hydrogen) atoms. The van der Waals surface area contributed by atoms with Gasteiger partial charge in [0.05, 0.1) is 12.5 Å². The molecule has 0 fully saturated rings. The first-order valence-corrected chi connectivity index (χ1v) is 10.9. The van der Waals surface area contributed by atoms with Crippen molar-refractivity contribution in [1.82, 2.24) is 0 Å². The van der Waals surface area contributed by atoms with Gasteiger partial charge in [-0.3, -0.25) is 4.79 Å². The number of esters is 1. The van der Waals surface area contributed by atoms with Gasteiger partial charge >= 0.3 is 5.97 Å². The Labute approximate surface area is 162 Å². The maximum Gasteiger partial charge on any atom is 0.308 e. The van der Waals surface area contributed by atoms with E-state index in [1.54, 1.807) is 0 Å². The second-order valence-corrected chi connectivity index (χ2v) is 6.85. The molecule has 0 saturated heterocycles. The summed E-state index contributed by atoms with van der Waals surface area (Å²) in [5, 5.41) is 0. The Morgan fingerprint density at radius 2 is 1.35 bits per heavy atom. The molecule has 0 radical (unpaired) electrons. The third-order valence-electron chi connectivity index (χ3n) is 4.57. The Morgan fingerprint density at radius 1 is 0.769 bits per heavy atom. The van der Waals surface area contributed by atoms with E-state index in [0.717, 1.165) is 38.5 Å². The van der Waals surface area contributed by atoms with Crippen LogP contribution in [0.5, 0.6) is 0 Å². The molecule has 0 aliphatic heterocycles. The normalized spacial score (nSPS) is 13.2. The number of carbonyl (C=O) groups is 1. The summed E-state index contributed by atoms with van der Waals surface area (Å²) in [4.78, 5) is 11.7. The van der Waals surface area contributed by atoms with Gasteiger partial charge in [-0.1, -0.05) is 82.4 Å². The first-order valence-electron chi connectivity index (χ1n) is 10.9. The summed E-state index contributed by atoms with van der Waals surface area (Å²) in [5.41, 5.74) is 0. The minimum absolute atomic E-state index is 0.00550. The van der Waals surface area contributed by atoms with Crippen LogP contribution in [0.1, 0.15) is 97.8 Å². The van der Waals surface area contributed by atoms with Crippen LogP contribution < -0.4 is 0 Å². The summed E-state index contributed by atoms with van der Waals surface area (Å²) in [5.74, 6) is 0.103. The van der Waals surface area contributed by atoms with E-state index in [-0.39, 0.29) is 11.9 Å². The summed E-state index contributed by atoms with van der Waals surface area (Å²) in [6.07, 6.45) is 27.4. The van der Waals surface area contributed by atoms with Gasteiger partial charge in [-0.25, -0.2) is 0 Å². The predicted octanol–water partition coefficient (Wildman–Crippen LogP) is 7.56. The molecule has 0 amide bonds. The van der Waals surface area contributed by atoms with E-state index >= 15 is 0 Å². The second-order valence-electron chi connectivity index (χ2n) is 6.85. The zero-order valence-corrected chi connectivity index (χ0v) is 17.6. The van der Waals surface area contributed by atoms with E-state index < -0.39 is 0 Å². The maximum absolute atomic E-state index is 11.7. The number of carbonyl (C=O) groups excluding carboxylic acids is 1. The summed E-state index contributed by atoms with van der Waals surface area (Å²) in [6.45, 7) is 6.62. The molecule has 0 spiro atoms. The number of hydrogen-bond acceptors (Lipinski definition) is 2. The van der Waals surface area contributed by atoms with Crippen molar-refractivity contribution >= 4 is 5.97 Å². The SMILES string of the molecule is CCC=CCC=CCC=CCCCCCCCCC(CC)C(=O)OCC. The van der Waals surface area contributed by atoms with Crippen LogP contribution in [0.2, 0.25) is 0 Å². The van der Waals surface area contributed by atoms with Crippen LogP contribution in [-0.2, 0) is 9.53 Å². The molecule has 1 unspecified atom stereocenters. The van der Waals surface area contributed by atoms with Gasteiger partial charge in [-0.2, -0.15) is 0 Å². The lowest BCUT2D eigenvalue weighted by Gasteiger charge is -2.12. The molecule has 1 atom stereocenters. The van der Waals surface area contributed by atoms with Crippen LogP contribution >= 0.6 is 0 Å². The fraction of sp³-hybridized carbons (Fsp3) is 0.708. The molecule has 0 saturated carbocycles. The molecule has 2 nitrogen and oxygen atoms in total. The number of ether oxygens (including phenoxy) is 1. The van der Waals surface area contributed by atoms with Gasteiger partial charge in [0.2, 0.25) is 0 Å². The maximum atomic E-state index is 11.7. The van der Waals surface area contributed by atoms with Gasteiger partial charge in [0.25, 0.3) is 0 Å². The van der Waals surface area contributed by atoms with E-state index in [1.807, 2.05) is 6.92 Å². The predicted molar refractivity (Wildman–Crippen MR) is 114 cm³/mol. The van der Waals surface area contributed by atoms with E-state index in [2.05, 4.69) is 50.3 Å². The number of allylic oxidation sites excluding steroid dienone is 6. The first kappa shape index (κ1) is 24.7. The number of rotatable bonds is 17. The molecule has 0 aliphatic carbocycles. The fourth-order valence-electron chi connectivity index (χ4n) is 2.94. The van der Waals surface area contributed by atoms with Crippen molar-refractivity contribution in [1.29, 1.82) is 0 Å². The van der Waals surface area contributed by atoms with Gasteiger partial charge in [0.1, 0.15) is 0 Å². The van der Waals surface area contributed by atoms with E-state index in [1.165, 1.54) is 38.5 Å². The van der Waals surface area contributed by atoms with E-state index in [0.29, 0.717) is 6.61 Å². The Balaban J connectivity index is 3.44. The van der Waals surface area contributed by atoms with Gasteiger partial charge in [-0.05, 0) is 51.9 Å². The molecule has 0 aromatic rings. The van der Waals surface area contributed by atoms with Crippen molar-refractivity contribution in [2.24, 2.45) is 5.92 Å². The fourth-order valence-corrected chi connectivity index (χ4v) is 2.94. The highest BCUT2D eigenvalue weighted by Crippen LogP contribution is 2.17. The molecular weight excluding hydrogens is 320 g/mol. The van der Waals surface area contributed by atoms with Crippen LogP contribution in [0.4, 0.5) is 0 Å². The van der Waals surface area contributed by atoms with Crippen molar-refractivity contribution in [2.45, 2.75) is 97.8 Å². The van der Waals surface area contributed by atoms with Crippen molar-refractivity contribution in [3.63, 3.8) is 0 Å². The molecule has 0 bridgehead atoms. The summed E-state index contributed by atoms with van der Waals surface area (Å²) < 4.78 is 5.12. The van der Waals surface area contributed by atoms with Crippen LogP contribution in [-0.4, -0.2) is 12.6 Å². The van der Waals surface area contributed by atoms with Gasteiger partial charge in [0, 0.05) is 0 Å². The standard InChI is InChI=1S/C24H42O2/c1-4-7-8-9-10-11-12-13-14-15-16-17-18-19-20-21-22-23(5-2)24(25)26-6-3/h7-8,10-11,13-14,23H,4-6,9,12,15-22H2,1-3H3. The average Bonchev–Trinajstić information content (AvgIpc) is 2.64. The lowest BCUT2D eigenvalue weighted by Crippen LogP contribution is -2.16. The van der Waals surface area contributed by atoms with Crippen LogP contribution in [0.25, 0.3) is 0 Å². The molecular formula is C24H42O2. The molecule has 0 N–H and O–H groups in total. The molecule has 0 aliphatic rings. The van der Waals surface area contributed by atoms with Gasteiger partial charge < -0.3 is 4.74 Å². The van der Waals surface area contributed by atoms with Crippen molar-refractivity contribution in [2.75, 3.05) is 6.61 Å². The summed E-state index contributed by atoms with van der Waals surface area (Å²) >= 11 is 0. The molecule has 150 valence electrons. The highest BCUT2D eigenvalue weighted by atomic mass is 16.5. The zero-order chi connectivity index (χ0) is 19.3. The quantitative estimate of drug-likeness (QED) is 0.152. The summed E-state index contributed by atoms with van der Waals surface area (Å²) in [6, 6.07) is 0. The molecule has 0 aromatic heterocycles. The molecule has 0 aromatic carbocycles. The average molecular weight is 363 g/mol. The molecule has 2 heteroatoms. The first-order chi connectivity index (χ1) is 12.8. The summed E-state index contributed by atoms with van der Waals surface area (Å²) in [7, 11) is 0. The number of hydrogen-bond donors (Lipinski definition) is 0. The third-order valence-corrected chi connectivity index (χ3v) is 4.57. The minimum atomic E-state index is -0.00550. The highest BCUT2D eigenvalue weighted by molar-refractivity contribution is 5.72. The van der Waals surface area contributed by atoms with Crippen molar-refractivity contribution < 1.29 is 9.53 Å². The number of unbranched alkanes of at least 4 members (excludes halogenated alkanes) is 6. The van der Waals surface area contributed by atoms with E-state index in [4.69, 9.17) is 4.74 Å². The molecule has 0 heterocycles. The topological polar surface area (TPSA) is 26.3 Å². The van der Waals surface area contributed by atoms with Gasteiger partial charge in [-0.15, -0.1) is 0 Å². The van der Waals surface area contributed by atoms with Crippen LogP contribution in [0.15, 0.2) is 36.5 Å². The Kier molecular flexibility index (Phi) is 19.0. The molecule has 0 rings (SSSR count). The van der Waals surface area contributed by atoms with E-state index in [9.17, 15) is 4.79 Å². The smallest absolute Gasteiger partial charge is 0.308 e. The Morgan fingerprint density at radius 3 is 1.96 bits per heavy atom. The largest absolute Gasteiger partial charge is 0.466 e. The second kappa shape index (κ2) is 20.0. The van der Waals surface area contributed by atoms with Crippen molar-refractivity contribution in [3.05, 3.63) is 36.5 Å². The lowest BCUT2D eigenvalue weighted by molar-refractivity contribution is -0.148. The zero-order valence-electron chi connectivity index (χ0n) is 17.6. The van der Waals surface area contributed by atoms with Crippen molar-refractivity contribution in [3.8, 4) is 0 Å². The van der Waals surface area contributed by atoms with Gasteiger partial charge in [0.15, 0.2) is 0 Å². The lowest BCUT2D eigenvalue weighted by atomic mass is 9.98. The Hall–Kier alpha value is -1.31. The van der Waals surface area contributed by atoms with Crippen LogP contribution in [0.3, 0.4) is 0 Å². The van der Waals surface area contributed by atoms with Crippen LogP contribution in [0, 0.1) is 5.92 Å². The Bertz CT molecular complexity index is 393. The minimum Gasteiger partial charge on any atom is -0.466 e. The third kappa shape index (κ3) is 16.2. The highest BCUT2D eigenvalue weighted by Gasteiger charge is 2.16.